The summed E-state index contributed by atoms with van der Waals surface area (Å²) in [6.45, 7) is 4.14. The minimum atomic E-state index is -0.419. The molecule has 1 aliphatic heterocycles. The van der Waals surface area contributed by atoms with Crippen LogP contribution in [-0.2, 0) is 16.1 Å². The van der Waals surface area contributed by atoms with Crippen molar-refractivity contribution in [1.82, 2.24) is 20.2 Å². The Kier molecular flexibility index (Phi) is 4.09. The number of hydrogen-bond donors (Lipinski definition) is 1. The molecule has 2 heterocycles. The highest BCUT2D eigenvalue weighted by atomic mass is 16.2. The second-order valence-corrected chi connectivity index (χ2v) is 4.56. The van der Waals surface area contributed by atoms with Gasteiger partial charge in [0.25, 0.3) is 0 Å². The molecule has 2 rings (SSSR count). The molecular weight excluding hydrogens is 244 g/mol. The molecule has 1 aromatic heterocycles. The van der Waals surface area contributed by atoms with Gasteiger partial charge in [-0.25, -0.2) is 9.97 Å². The molecule has 19 heavy (non-hydrogen) atoms. The highest BCUT2D eigenvalue weighted by molar-refractivity contribution is 5.96. The highest BCUT2D eigenvalue weighted by Gasteiger charge is 2.38. The average molecular weight is 262 g/mol. The summed E-state index contributed by atoms with van der Waals surface area (Å²) in [4.78, 5) is 33.9. The predicted octanol–water partition coefficient (Wildman–Crippen LogP) is 0.492. The number of carbonyl (C=O) groups excluding carboxylic acids is 2. The van der Waals surface area contributed by atoms with Gasteiger partial charge in [-0.15, -0.1) is 0 Å². The van der Waals surface area contributed by atoms with E-state index in [-0.39, 0.29) is 11.8 Å². The number of nitrogens with one attached hydrogen (secondary N) is 1. The lowest BCUT2D eigenvalue weighted by molar-refractivity contribution is -0.150. The van der Waals surface area contributed by atoms with Gasteiger partial charge in [-0.3, -0.25) is 9.59 Å². The Bertz CT molecular complexity index is 463. The molecule has 1 saturated heterocycles. The van der Waals surface area contributed by atoms with Crippen LogP contribution < -0.4 is 5.32 Å². The maximum atomic E-state index is 12.3. The van der Waals surface area contributed by atoms with Crippen molar-refractivity contribution in [3.63, 3.8) is 0 Å². The molecule has 1 fully saturated rings. The van der Waals surface area contributed by atoms with Crippen LogP contribution in [0.15, 0.2) is 18.6 Å². The van der Waals surface area contributed by atoms with Gasteiger partial charge in [0, 0.05) is 6.20 Å². The third-order valence-electron chi connectivity index (χ3n) is 3.35. The number of carbonyl (C=O) groups is 2. The van der Waals surface area contributed by atoms with E-state index in [0.717, 1.165) is 5.69 Å². The van der Waals surface area contributed by atoms with Crippen molar-refractivity contribution in [2.75, 3.05) is 0 Å². The highest BCUT2D eigenvalue weighted by Crippen LogP contribution is 2.17. The molecule has 2 atom stereocenters. The first-order valence-corrected chi connectivity index (χ1v) is 6.53. The first-order chi connectivity index (χ1) is 9.17. The molecule has 0 bridgehead atoms. The summed E-state index contributed by atoms with van der Waals surface area (Å²) in [6.07, 6.45) is 4.28. The van der Waals surface area contributed by atoms with E-state index in [1.54, 1.807) is 17.2 Å². The maximum Gasteiger partial charge on any atom is 0.246 e. The van der Waals surface area contributed by atoms with Gasteiger partial charge in [-0.2, -0.15) is 0 Å². The van der Waals surface area contributed by atoms with Crippen LogP contribution in [0.25, 0.3) is 0 Å². The average Bonchev–Trinajstić information content (AvgIpc) is 2.44. The molecule has 1 aromatic rings. The van der Waals surface area contributed by atoms with Crippen molar-refractivity contribution in [3.05, 3.63) is 24.3 Å². The van der Waals surface area contributed by atoms with Crippen molar-refractivity contribution in [1.29, 1.82) is 0 Å². The molecule has 6 nitrogen and oxygen atoms in total. The molecular formula is C13H18N4O2. The SMILES string of the molecule is CCC1NC(=O)C(CC)N(Cc2ccncn2)C1=O. The van der Waals surface area contributed by atoms with Crippen LogP contribution in [0.5, 0.6) is 0 Å². The molecule has 0 aliphatic carbocycles. The van der Waals surface area contributed by atoms with Crippen molar-refractivity contribution in [2.45, 2.75) is 45.3 Å². The van der Waals surface area contributed by atoms with E-state index in [4.69, 9.17) is 0 Å². The first kappa shape index (κ1) is 13.5. The van der Waals surface area contributed by atoms with E-state index in [1.807, 2.05) is 13.8 Å². The molecule has 102 valence electrons. The summed E-state index contributed by atoms with van der Waals surface area (Å²) in [6, 6.07) is 0.926. The molecule has 0 radical (unpaired) electrons. The van der Waals surface area contributed by atoms with E-state index in [1.165, 1.54) is 6.33 Å². The fraction of sp³-hybridized carbons (Fsp3) is 0.538. The van der Waals surface area contributed by atoms with Crippen molar-refractivity contribution in [2.24, 2.45) is 0 Å². The van der Waals surface area contributed by atoms with Gasteiger partial charge in [0.15, 0.2) is 0 Å². The third-order valence-corrected chi connectivity index (χ3v) is 3.35. The van der Waals surface area contributed by atoms with E-state index in [0.29, 0.717) is 19.4 Å². The lowest BCUT2D eigenvalue weighted by Crippen LogP contribution is -2.62. The fourth-order valence-electron chi connectivity index (χ4n) is 2.28. The van der Waals surface area contributed by atoms with Crippen LogP contribution in [0.1, 0.15) is 32.4 Å². The van der Waals surface area contributed by atoms with Crippen molar-refractivity contribution in [3.8, 4) is 0 Å². The lowest BCUT2D eigenvalue weighted by atomic mass is 10.0. The standard InChI is InChI=1S/C13H18N4O2/c1-3-10-13(19)17(11(4-2)12(18)16-10)7-9-5-6-14-8-15-9/h5-6,8,10-11H,3-4,7H2,1-2H3,(H,16,18). The Morgan fingerprint density at radius 2 is 2.11 bits per heavy atom. The summed E-state index contributed by atoms with van der Waals surface area (Å²) in [5.74, 6) is -0.115. The molecule has 2 amide bonds. The smallest absolute Gasteiger partial charge is 0.246 e. The zero-order valence-electron chi connectivity index (χ0n) is 11.2. The number of hydrogen-bond acceptors (Lipinski definition) is 4. The topological polar surface area (TPSA) is 75.2 Å². The molecule has 6 heteroatoms. The minimum absolute atomic E-state index is 0.0347. The van der Waals surface area contributed by atoms with Crippen molar-refractivity contribution >= 4 is 11.8 Å². The van der Waals surface area contributed by atoms with Gasteiger partial charge >= 0.3 is 0 Å². The summed E-state index contributed by atoms with van der Waals surface area (Å²) in [7, 11) is 0. The first-order valence-electron chi connectivity index (χ1n) is 6.53. The summed E-state index contributed by atoms with van der Waals surface area (Å²) < 4.78 is 0. The number of rotatable bonds is 4. The zero-order chi connectivity index (χ0) is 13.8. The Morgan fingerprint density at radius 3 is 2.68 bits per heavy atom. The van der Waals surface area contributed by atoms with Gasteiger partial charge in [0.05, 0.1) is 12.2 Å². The van der Waals surface area contributed by atoms with Crippen LogP contribution in [0.4, 0.5) is 0 Å². The monoisotopic (exact) mass is 262 g/mol. The van der Waals surface area contributed by atoms with E-state index < -0.39 is 12.1 Å². The van der Waals surface area contributed by atoms with Gasteiger partial charge in [0.1, 0.15) is 18.4 Å². The second-order valence-electron chi connectivity index (χ2n) is 4.56. The van der Waals surface area contributed by atoms with E-state index >= 15 is 0 Å². The minimum Gasteiger partial charge on any atom is -0.343 e. The second kappa shape index (κ2) is 5.77. The van der Waals surface area contributed by atoms with Crippen LogP contribution in [0.3, 0.4) is 0 Å². The molecule has 1 N–H and O–H groups in total. The number of piperazine rings is 1. The van der Waals surface area contributed by atoms with Crippen LogP contribution in [0, 0.1) is 0 Å². The Hall–Kier alpha value is -1.98. The molecule has 0 aromatic carbocycles. The zero-order valence-corrected chi connectivity index (χ0v) is 11.2. The number of nitrogens with zero attached hydrogens (tertiary/aromatic N) is 3. The summed E-state index contributed by atoms with van der Waals surface area (Å²) >= 11 is 0. The van der Waals surface area contributed by atoms with Crippen LogP contribution >= 0.6 is 0 Å². The molecule has 0 saturated carbocycles. The predicted molar refractivity (Wildman–Crippen MR) is 68.9 cm³/mol. The number of amides is 2. The molecule has 2 unspecified atom stereocenters. The van der Waals surface area contributed by atoms with Gasteiger partial charge in [0.2, 0.25) is 11.8 Å². The normalized spacial score (nSPS) is 23.4. The maximum absolute atomic E-state index is 12.3. The van der Waals surface area contributed by atoms with Crippen LogP contribution in [0.2, 0.25) is 0 Å². The molecule has 0 spiro atoms. The van der Waals surface area contributed by atoms with E-state index in [9.17, 15) is 9.59 Å². The Morgan fingerprint density at radius 1 is 1.32 bits per heavy atom. The van der Waals surface area contributed by atoms with Gasteiger partial charge in [-0.1, -0.05) is 13.8 Å². The van der Waals surface area contributed by atoms with Gasteiger partial charge < -0.3 is 10.2 Å². The summed E-state index contributed by atoms with van der Waals surface area (Å²) in [5.41, 5.74) is 0.742. The fourth-order valence-corrected chi connectivity index (χ4v) is 2.28. The third kappa shape index (κ3) is 2.72. The van der Waals surface area contributed by atoms with Crippen LogP contribution in [-0.4, -0.2) is 38.8 Å². The lowest BCUT2D eigenvalue weighted by Gasteiger charge is -2.38. The van der Waals surface area contributed by atoms with E-state index in [2.05, 4.69) is 15.3 Å². The largest absolute Gasteiger partial charge is 0.343 e. The molecule has 1 aliphatic rings. The van der Waals surface area contributed by atoms with Gasteiger partial charge in [-0.05, 0) is 18.9 Å². The Labute approximate surface area is 112 Å². The Balaban J connectivity index is 2.22. The quantitative estimate of drug-likeness (QED) is 0.857. The van der Waals surface area contributed by atoms with Crippen molar-refractivity contribution < 1.29 is 9.59 Å². The number of aromatic nitrogens is 2. The summed E-state index contributed by atoms with van der Waals surface area (Å²) in [5, 5.41) is 2.77.